The van der Waals surface area contributed by atoms with Crippen molar-refractivity contribution in [3.63, 3.8) is 0 Å². The van der Waals surface area contributed by atoms with E-state index in [1.165, 1.54) is 42.5 Å². The number of aldehydes is 1. The van der Waals surface area contributed by atoms with Gasteiger partial charge in [0.1, 0.15) is 38.8 Å². The van der Waals surface area contributed by atoms with E-state index in [1.54, 1.807) is 74.5 Å². The van der Waals surface area contributed by atoms with E-state index in [-0.39, 0.29) is 59.8 Å². The van der Waals surface area contributed by atoms with E-state index in [0.29, 0.717) is 75.5 Å². The summed E-state index contributed by atoms with van der Waals surface area (Å²) in [5.74, 6) is -3.72. The molecule has 0 fully saturated rings. The molecule has 0 spiro atoms. The van der Waals surface area contributed by atoms with E-state index in [9.17, 15) is 45.8 Å². The third-order valence-corrected chi connectivity index (χ3v) is 12.3. The Morgan fingerprint density at radius 1 is 0.584 bits per heavy atom. The van der Waals surface area contributed by atoms with Crippen molar-refractivity contribution in [2.45, 2.75) is 45.1 Å². The van der Waals surface area contributed by atoms with Crippen molar-refractivity contribution in [1.29, 1.82) is 0 Å². The molecule has 0 amide bonds. The fourth-order valence-corrected chi connectivity index (χ4v) is 8.12. The van der Waals surface area contributed by atoms with Crippen LogP contribution in [0.4, 0.5) is 35.1 Å². The maximum Gasteiger partial charge on any atom is 0.416 e. The number of alkyl halides is 6. The van der Waals surface area contributed by atoms with Gasteiger partial charge in [-0.15, -0.1) is 0 Å². The number of carboxylic acid groups (broad SMARTS) is 2. The first-order valence-corrected chi connectivity index (χ1v) is 23.6. The van der Waals surface area contributed by atoms with E-state index < -0.39 is 72.2 Å². The summed E-state index contributed by atoms with van der Waals surface area (Å²) in [6.07, 6.45) is -2.68. The quantitative estimate of drug-likeness (QED) is 0.0394. The summed E-state index contributed by atoms with van der Waals surface area (Å²) < 4.78 is 133. The zero-order valence-corrected chi connectivity index (χ0v) is 41.2. The molecule has 0 aromatic heterocycles. The van der Waals surface area contributed by atoms with E-state index >= 15 is 8.78 Å². The molecule has 2 aliphatic rings. The zero-order chi connectivity index (χ0) is 56.2. The molecule has 2 aliphatic heterocycles. The van der Waals surface area contributed by atoms with Crippen LogP contribution in [0.3, 0.4) is 0 Å². The molecular weight excluding hydrogens is 1030 g/mol. The molecule has 12 nitrogen and oxygen atoms in total. The average Bonchev–Trinajstić information content (AvgIpc) is 3.40. The molecule has 0 unspecified atom stereocenters. The number of ether oxygens (including phenoxy) is 4. The number of aryl methyl sites for hydroxylation is 1. The number of carbonyl (C=O) groups is 3. The van der Waals surface area contributed by atoms with Crippen LogP contribution in [0.25, 0.3) is 46.6 Å². The molecule has 406 valence electrons. The normalized spacial score (nSPS) is 13.7. The molecule has 2 atom stereocenters. The Labute approximate surface area is 436 Å². The van der Waals surface area contributed by atoms with Crippen LogP contribution >= 0.6 is 0 Å². The minimum absolute atomic E-state index is 0.0343. The second-order valence-electron chi connectivity index (χ2n) is 17.4. The molecule has 6 N–H and O–H groups in total. The van der Waals surface area contributed by atoms with Gasteiger partial charge in [-0.2, -0.15) is 26.3 Å². The van der Waals surface area contributed by atoms with Crippen molar-refractivity contribution in [2.75, 3.05) is 39.6 Å². The Hall–Kier alpha value is -8.07. The van der Waals surface area contributed by atoms with Crippen LogP contribution in [0.1, 0.15) is 66.8 Å². The number of aliphatic hydroxyl groups excluding tert-OH is 2. The predicted molar refractivity (Wildman–Crippen MR) is 270 cm³/mol. The van der Waals surface area contributed by atoms with Crippen molar-refractivity contribution >= 4 is 42.5 Å². The van der Waals surface area contributed by atoms with Crippen LogP contribution in [-0.2, 0) is 28.4 Å². The lowest BCUT2D eigenvalue weighted by atomic mass is 9.94. The lowest BCUT2D eigenvalue weighted by Crippen LogP contribution is -2.33. The number of aliphatic carboxylic acids is 2. The Balaban J connectivity index is 0.000000224. The second-order valence-corrected chi connectivity index (χ2v) is 17.4. The Morgan fingerprint density at radius 3 is 1.45 bits per heavy atom. The monoisotopic (exact) mass is 1080 g/mol. The van der Waals surface area contributed by atoms with Crippen LogP contribution < -0.4 is 24.7 Å². The van der Waals surface area contributed by atoms with Crippen LogP contribution in [0.5, 0.6) is 23.0 Å². The van der Waals surface area contributed by atoms with E-state index in [1.807, 2.05) is 0 Å². The van der Waals surface area contributed by atoms with Crippen molar-refractivity contribution in [3.05, 3.63) is 164 Å². The lowest BCUT2D eigenvalue weighted by molar-refractivity contribution is -0.143. The molecular formula is C57H51F8NO11. The molecule has 0 aliphatic carbocycles. The molecule has 77 heavy (non-hydrogen) atoms. The summed E-state index contributed by atoms with van der Waals surface area (Å²) in [6.45, 7) is 3.61. The van der Waals surface area contributed by atoms with E-state index in [2.05, 4.69) is 0 Å². The summed E-state index contributed by atoms with van der Waals surface area (Å²) >= 11 is 0. The van der Waals surface area contributed by atoms with Crippen LogP contribution in [-0.4, -0.2) is 84.3 Å². The molecule has 0 saturated heterocycles. The predicted octanol–water partition coefficient (Wildman–Crippen LogP) is 11.4. The third-order valence-electron chi connectivity index (χ3n) is 12.3. The lowest BCUT2D eigenvalue weighted by Gasteiger charge is -2.20. The van der Waals surface area contributed by atoms with Gasteiger partial charge in [-0.25, -0.2) is 8.78 Å². The summed E-state index contributed by atoms with van der Waals surface area (Å²) in [6, 6.07) is 22.5. The number of halogens is 8. The number of aliphatic hydroxyl groups is 2. The van der Waals surface area contributed by atoms with Gasteiger partial charge in [-0.05, 0) is 119 Å². The minimum Gasteiger partial charge on any atom is -0.486 e. The highest BCUT2D eigenvalue weighted by Crippen LogP contribution is 2.42. The fourth-order valence-electron chi connectivity index (χ4n) is 8.12. The number of hydrogen-bond donors (Lipinski definition) is 5. The van der Waals surface area contributed by atoms with Gasteiger partial charge in [0.2, 0.25) is 0 Å². The summed E-state index contributed by atoms with van der Waals surface area (Å²) in [5, 5.41) is 34.2. The number of carbonyl (C=O) groups excluding carboxylic acids is 1. The second kappa shape index (κ2) is 25.6. The number of fused-ring (bicyclic) bond motifs is 2. The number of carboxylic acids is 2. The topological polar surface area (TPSA) is 195 Å². The molecule has 6 aromatic rings. The molecule has 8 rings (SSSR count). The first-order chi connectivity index (χ1) is 36.6. The molecule has 20 heteroatoms. The summed E-state index contributed by atoms with van der Waals surface area (Å²) in [7, 11) is 0. The first-order valence-electron chi connectivity index (χ1n) is 23.6. The highest BCUT2D eigenvalue weighted by Gasteiger charge is 2.34. The molecule has 2 heterocycles. The highest BCUT2D eigenvalue weighted by molar-refractivity contribution is 5.83. The number of nitrogens with two attached hydrogens (primary N) is 1. The SMILES string of the molecule is Cc1c(/C=C/c2cc(C=O)ccc2C(F)(F)F)cccc1-c1ccc2c(c1F)OCCO2.Cc1c(/C=C/c2cc(CC[C@@H](CO)C(=O)O)ccc2C(F)(F)F)cccc1-c1ccc2c(c1F)OCCO2.N[C@@H](CO)C(=O)O. The minimum atomic E-state index is -4.60. The smallest absolute Gasteiger partial charge is 0.416 e. The van der Waals surface area contributed by atoms with Gasteiger partial charge in [0, 0.05) is 16.7 Å². The largest absolute Gasteiger partial charge is 0.486 e. The Bertz CT molecular complexity index is 3170. The van der Waals surface area contributed by atoms with E-state index in [0.717, 1.165) is 18.2 Å². The average molecular weight is 1080 g/mol. The Kier molecular flexibility index (Phi) is 19.4. The number of rotatable bonds is 14. The van der Waals surface area contributed by atoms with Crippen molar-refractivity contribution in [3.8, 4) is 45.3 Å². The molecule has 0 radical (unpaired) electrons. The number of benzene rings is 6. The first kappa shape index (κ1) is 58.2. The summed E-state index contributed by atoms with van der Waals surface area (Å²) in [4.78, 5) is 31.8. The van der Waals surface area contributed by atoms with Gasteiger partial charge in [0.15, 0.2) is 34.6 Å². The van der Waals surface area contributed by atoms with Crippen molar-refractivity contribution in [1.82, 2.24) is 0 Å². The fraction of sp³-hybridized carbons (Fsp3) is 0.246. The van der Waals surface area contributed by atoms with Gasteiger partial charge >= 0.3 is 24.3 Å². The molecule has 0 bridgehead atoms. The third kappa shape index (κ3) is 14.5. The van der Waals surface area contributed by atoms with Gasteiger partial charge in [-0.1, -0.05) is 78.9 Å². The maximum absolute atomic E-state index is 15.2. The van der Waals surface area contributed by atoms with Crippen molar-refractivity contribution in [2.24, 2.45) is 11.7 Å². The van der Waals surface area contributed by atoms with Gasteiger partial charge < -0.3 is 45.1 Å². The molecule has 6 aromatic carbocycles. The van der Waals surface area contributed by atoms with Crippen LogP contribution in [0.15, 0.2) is 97.1 Å². The van der Waals surface area contributed by atoms with Crippen LogP contribution in [0.2, 0.25) is 0 Å². The standard InChI is InChI=1S/C29H26F4O5.C25H18F4O3.C3H7NO3/c1-17-19(3-2-4-22(17)23-10-12-25-27(26(23)30)38-14-13-37-25)8-9-20-15-18(5-7-21(16-34)28(35)36)6-11-24(20)29(31,32)33;1-15-17(6-7-18-13-16(14-30)5-9-21(18)25(27,28)29)3-2-4-19(15)20-8-10-22-24(23(20)26)32-12-11-31-22;4-2(1-5)3(6)7/h2-4,6,8-12,15,21,34H,5,7,13-14,16H2,1H3,(H,35,36);2-10,13-14H,11-12H2,1H3;2,5H,1,4H2,(H,6,7)/b9-8+;7-6+;/t21-;;2-/m0.0/s1. The summed E-state index contributed by atoms with van der Waals surface area (Å²) in [5.41, 5.74) is 7.84. The molecule has 0 saturated carbocycles. The Morgan fingerprint density at radius 2 is 1.04 bits per heavy atom. The van der Waals surface area contributed by atoms with E-state index in [4.69, 9.17) is 40.0 Å². The van der Waals surface area contributed by atoms with Gasteiger partial charge in [-0.3, -0.25) is 14.4 Å². The highest BCUT2D eigenvalue weighted by atomic mass is 19.4. The van der Waals surface area contributed by atoms with Crippen molar-refractivity contribution < 1.29 is 88.9 Å². The van der Waals surface area contributed by atoms with Gasteiger partial charge in [0.25, 0.3) is 0 Å². The number of hydrogen-bond acceptors (Lipinski definition) is 10. The van der Waals surface area contributed by atoms with Gasteiger partial charge in [0.05, 0.1) is 30.3 Å². The van der Waals surface area contributed by atoms with Crippen LogP contribution in [0, 0.1) is 31.4 Å². The maximum atomic E-state index is 15.2. The zero-order valence-electron chi connectivity index (χ0n) is 41.2.